The first kappa shape index (κ1) is 18.3. The van der Waals surface area contributed by atoms with Crippen LogP contribution in [0.15, 0.2) is 67.4 Å². The minimum absolute atomic E-state index is 0.290. The molecule has 0 aliphatic heterocycles. The summed E-state index contributed by atoms with van der Waals surface area (Å²) in [6, 6.07) is 10.7. The van der Waals surface area contributed by atoms with Crippen LogP contribution in [0.4, 0.5) is 4.39 Å². The highest BCUT2D eigenvalue weighted by molar-refractivity contribution is 5.97. The van der Waals surface area contributed by atoms with Gasteiger partial charge >= 0.3 is 0 Å². The van der Waals surface area contributed by atoms with Crippen LogP contribution in [0, 0.1) is 12.7 Å². The minimum atomic E-state index is -0.290. The molecule has 32 heavy (non-hydrogen) atoms. The molecule has 8 heteroatoms. The van der Waals surface area contributed by atoms with E-state index >= 15 is 0 Å². The van der Waals surface area contributed by atoms with Gasteiger partial charge in [0, 0.05) is 35.1 Å². The van der Waals surface area contributed by atoms with Crippen LogP contribution in [0.3, 0.4) is 0 Å². The molecule has 0 fully saturated rings. The largest absolute Gasteiger partial charge is 0.335 e. The fourth-order valence-corrected chi connectivity index (χ4v) is 3.93. The molecule has 6 rings (SSSR count). The molecule has 0 saturated heterocycles. The van der Waals surface area contributed by atoms with Crippen molar-refractivity contribution in [2.75, 3.05) is 0 Å². The molecule has 0 radical (unpaired) electrons. The number of halogens is 1. The summed E-state index contributed by atoms with van der Waals surface area (Å²) in [6.45, 7) is 1.86. The highest BCUT2D eigenvalue weighted by Crippen LogP contribution is 2.32. The molecule has 6 aromatic rings. The Labute approximate surface area is 181 Å². The molecule has 0 atom stereocenters. The molecule has 7 nitrogen and oxygen atoms in total. The summed E-state index contributed by atoms with van der Waals surface area (Å²) in [6.07, 6.45) is 8.64. The van der Waals surface area contributed by atoms with Crippen LogP contribution < -0.4 is 0 Å². The zero-order chi connectivity index (χ0) is 21.7. The van der Waals surface area contributed by atoms with Crippen LogP contribution in [0.2, 0.25) is 0 Å². The first-order valence-electron chi connectivity index (χ1n) is 10.0. The smallest absolute Gasteiger partial charge is 0.159 e. The zero-order valence-electron chi connectivity index (χ0n) is 17.0. The molecule has 154 valence electrons. The third kappa shape index (κ3) is 3.01. The highest BCUT2D eigenvalue weighted by atomic mass is 19.1. The number of benzene rings is 1. The number of imidazole rings is 1. The van der Waals surface area contributed by atoms with Crippen molar-refractivity contribution in [3.05, 3.63) is 78.8 Å². The van der Waals surface area contributed by atoms with Crippen molar-refractivity contribution in [1.29, 1.82) is 0 Å². The molecule has 0 saturated carbocycles. The Morgan fingerprint density at radius 3 is 2.59 bits per heavy atom. The lowest BCUT2D eigenvalue weighted by Gasteiger charge is -2.04. The molecule has 0 amide bonds. The van der Waals surface area contributed by atoms with E-state index in [2.05, 4.69) is 30.1 Å². The molecule has 0 spiro atoms. The fourth-order valence-electron chi connectivity index (χ4n) is 3.93. The zero-order valence-corrected chi connectivity index (χ0v) is 17.0. The van der Waals surface area contributed by atoms with E-state index in [-0.39, 0.29) is 5.82 Å². The summed E-state index contributed by atoms with van der Waals surface area (Å²) >= 11 is 0. The SMILES string of the molecule is Cc1cc(F)cc(-c2cncc3[nH]c(-c4n[nH]c5cnc(-c6ccncc6)cc45)nc23)c1. The molecule has 2 N–H and O–H groups in total. The second-order valence-electron chi connectivity index (χ2n) is 7.61. The van der Waals surface area contributed by atoms with Gasteiger partial charge in [0.1, 0.15) is 11.5 Å². The predicted molar refractivity (Wildman–Crippen MR) is 120 cm³/mol. The average Bonchev–Trinajstić information content (AvgIpc) is 3.42. The van der Waals surface area contributed by atoms with Gasteiger partial charge < -0.3 is 4.98 Å². The van der Waals surface area contributed by atoms with Crippen LogP contribution in [-0.4, -0.2) is 35.1 Å². The number of hydrogen-bond acceptors (Lipinski definition) is 5. The Balaban J connectivity index is 1.52. The molecule has 1 aromatic carbocycles. The standard InChI is InChI=1S/C24H16FN7/c1-13-6-15(8-16(25)7-13)18-10-27-11-21-22(18)30-24(29-21)23-17-9-19(14-2-4-26-5-3-14)28-12-20(17)31-32-23/h2-12H,1H3,(H,29,30)(H,31,32). The van der Waals surface area contributed by atoms with Gasteiger partial charge in [0.2, 0.25) is 0 Å². The molecular weight excluding hydrogens is 405 g/mol. The molecule has 0 unspecified atom stereocenters. The number of H-pyrrole nitrogens is 2. The number of rotatable bonds is 3. The number of aryl methyl sites for hydroxylation is 1. The highest BCUT2D eigenvalue weighted by Gasteiger charge is 2.17. The number of nitrogens with one attached hydrogen (secondary N) is 2. The minimum Gasteiger partial charge on any atom is -0.335 e. The maximum Gasteiger partial charge on any atom is 0.159 e. The lowest BCUT2D eigenvalue weighted by atomic mass is 10.0. The van der Waals surface area contributed by atoms with Crippen LogP contribution in [0.1, 0.15) is 5.56 Å². The van der Waals surface area contributed by atoms with Gasteiger partial charge in [-0.3, -0.25) is 20.1 Å². The summed E-state index contributed by atoms with van der Waals surface area (Å²) in [5.74, 6) is 0.308. The summed E-state index contributed by atoms with van der Waals surface area (Å²) in [5, 5.41) is 8.39. The van der Waals surface area contributed by atoms with E-state index in [0.717, 1.165) is 44.4 Å². The van der Waals surface area contributed by atoms with Gasteiger partial charge in [0.05, 0.1) is 34.6 Å². The van der Waals surface area contributed by atoms with Crippen molar-refractivity contribution >= 4 is 21.9 Å². The van der Waals surface area contributed by atoms with E-state index in [1.165, 1.54) is 12.1 Å². The summed E-state index contributed by atoms with van der Waals surface area (Å²) in [7, 11) is 0. The molecule has 5 heterocycles. The first-order valence-corrected chi connectivity index (χ1v) is 10.0. The number of aromatic amines is 2. The summed E-state index contributed by atoms with van der Waals surface area (Å²) in [4.78, 5) is 21.0. The van der Waals surface area contributed by atoms with Crippen molar-refractivity contribution in [3.8, 4) is 33.9 Å². The Morgan fingerprint density at radius 1 is 0.875 bits per heavy atom. The van der Waals surface area contributed by atoms with Gasteiger partial charge in [0.25, 0.3) is 0 Å². The van der Waals surface area contributed by atoms with Gasteiger partial charge in [-0.15, -0.1) is 0 Å². The first-order chi connectivity index (χ1) is 15.7. The number of pyridine rings is 3. The fraction of sp³-hybridized carbons (Fsp3) is 0.0417. The Bertz CT molecular complexity index is 1580. The lowest BCUT2D eigenvalue weighted by molar-refractivity contribution is 0.627. The topological polar surface area (TPSA) is 96.0 Å². The Morgan fingerprint density at radius 2 is 1.75 bits per heavy atom. The predicted octanol–water partition coefficient (Wildman–Crippen LogP) is 5.07. The third-order valence-electron chi connectivity index (χ3n) is 5.39. The maximum atomic E-state index is 14.0. The van der Waals surface area contributed by atoms with Gasteiger partial charge in [-0.25, -0.2) is 9.37 Å². The van der Waals surface area contributed by atoms with Gasteiger partial charge in [-0.1, -0.05) is 6.07 Å². The quantitative estimate of drug-likeness (QED) is 0.416. The van der Waals surface area contributed by atoms with E-state index in [1.807, 2.05) is 31.2 Å². The Hall–Kier alpha value is -4.46. The van der Waals surface area contributed by atoms with E-state index in [1.54, 1.807) is 31.0 Å². The summed E-state index contributed by atoms with van der Waals surface area (Å²) in [5.41, 5.74) is 7.04. The Kier molecular flexibility index (Phi) is 4.04. The van der Waals surface area contributed by atoms with Crippen molar-refractivity contribution in [2.24, 2.45) is 0 Å². The normalized spacial score (nSPS) is 11.4. The molecule has 0 aliphatic rings. The molecule has 0 aliphatic carbocycles. The number of nitrogens with zero attached hydrogens (tertiary/aromatic N) is 5. The summed E-state index contributed by atoms with van der Waals surface area (Å²) < 4.78 is 14.0. The molecule has 5 aromatic heterocycles. The van der Waals surface area contributed by atoms with E-state index < -0.39 is 0 Å². The molecule has 0 bridgehead atoms. The van der Waals surface area contributed by atoms with Crippen molar-refractivity contribution in [1.82, 2.24) is 35.1 Å². The second kappa shape index (κ2) is 7.05. The maximum absolute atomic E-state index is 14.0. The van der Waals surface area contributed by atoms with Gasteiger partial charge in [0.15, 0.2) is 5.82 Å². The van der Waals surface area contributed by atoms with Crippen LogP contribution in [0.25, 0.3) is 55.8 Å². The van der Waals surface area contributed by atoms with Gasteiger partial charge in [-0.2, -0.15) is 5.10 Å². The van der Waals surface area contributed by atoms with Gasteiger partial charge in [-0.05, 0) is 48.4 Å². The third-order valence-corrected chi connectivity index (χ3v) is 5.39. The molecular formula is C24H16FN7. The monoisotopic (exact) mass is 421 g/mol. The van der Waals surface area contributed by atoms with Crippen LogP contribution in [0.5, 0.6) is 0 Å². The van der Waals surface area contributed by atoms with Crippen LogP contribution in [-0.2, 0) is 0 Å². The average molecular weight is 421 g/mol. The van der Waals surface area contributed by atoms with Crippen molar-refractivity contribution < 1.29 is 4.39 Å². The van der Waals surface area contributed by atoms with Crippen LogP contribution >= 0.6 is 0 Å². The second-order valence-corrected chi connectivity index (χ2v) is 7.61. The van der Waals surface area contributed by atoms with E-state index in [9.17, 15) is 4.39 Å². The lowest BCUT2D eigenvalue weighted by Crippen LogP contribution is -1.87. The van der Waals surface area contributed by atoms with E-state index in [4.69, 9.17) is 4.98 Å². The number of fused-ring (bicyclic) bond motifs is 2. The van der Waals surface area contributed by atoms with E-state index in [0.29, 0.717) is 17.0 Å². The number of hydrogen-bond donors (Lipinski definition) is 2. The van der Waals surface area contributed by atoms with Crippen molar-refractivity contribution in [2.45, 2.75) is 6.92 Å². The number of aromatic nitrogens is 7. The van der Waals surface area contributed by atoms with Crippen molar-refractivity contribution in [3.63, 3.8) is 0 Å².